The predicted octanol–water partition coefficient (Wildman–Crippen LogP) is 5.03. The van der Waals surface area contributed by atoms with E-state index in [-0.39, 0.29) is 29.3 Å². The number of aryl methyl sites for hydroxylation is 2. The molecule has 182 valence electrons. The summed E-state index contributed by atoms with van der Waals surface area (Å²) >= 11 is 1.75. The first-order valence-electron chi connectivity index (χ1n) is 11.9. The minimum atomic E-state index is -1.15. The summed E-state index contributed by atoms with van der Waals surface area (Å²) in [5.41, 5.74) is 3.93. The molecule has 6 rings (SSSR count). The number of amides is 1. The van der Waals surface area contributed by atoms with Gasteiger partial charge in [0, 0.05) is 52.5 Å². The zero-order valence-electron chi connectivity index (χ0n) is 19.9. The SMILES string of the molecule is Cc1ccc(C(=O)[C@@H]2[C@H](c3ccc([N+](=O)[O-])cc3)[C@@H]3CSCN3[C@@]23C(=O)Nc2ccc(C)cc23)cc1. The molecule has 4 atom stereocenters. The second kappa shape index (κ2) is 8.28. The topological polar surface area (TPSA) is 92.5 Å². The molecule has 3 aliphatic heterocycles. The van der Waals surface area contributed by atoms with Gasteiger partial charge in [0.25, 0.3) is 5.69 Å². The molecule has 0 saturated carbocycles. The number of benzene rings is 3. The lowest BCUT2D eigenvalue weighted by Gasteiger charge is -2.36. The largest absolute Gasteiger partial charge is 0.324 e. The molecule has 3 aromatic carbocycles. The van der Waals surface area contributed by atoms with Crippen molar-refractivity contribution < 1.29 is 14.5 Å². The second-order valence-electron chi connectivity index (χ2n) is 9.89. The Balaban J connectivity index is 1.59. The van der Waals surface area contributed by atoms with Gasteiger partial charge >= 0.3 is 0 Å². The number of rotatable bonds is 4. The quantitative estimate of drug-likeness (QED) is 0.308. The van der Waals surface area contributed by atoms with Gasteiger partial charge in [0.05, 0.1) is 10.8 Å². The van der Waals surface area contributed by atoms with Crippen LogP contribution >= 0.6 is 11.8 Å². The van der Waals surface area contributed by atoms with Crippen molar-refractivity contribution in [2.24, 2.45) is 5.92 Å². The van der Waals surface area contributed by atoms with Gasteiger partial charge in [-0.05, 0) is 25.5 Å². The van der Waals surface area contributed by atoms with Gasteiger partial charge in [0.2, 0.25) is 5.91 Å². The number of fused-ring (bicyclic) bond motifs is 4. The third kappa shape index (κ3) is 3.17. The van der Waals surface area contributed by atoms with Gasteiger partial charge in [-0.1, -0.05) is 59.7 Å². The Morgan fingerprint density at radius 1 is 1.06 bits per heavy atom. The summed E-state index contributed by atoms with van der Waals surface area (Å²) < 4.78 is 0. The fourth-order valence-corrected chi connectivity index (χ4v) is 7.60. The molecular formula is C28H25N3O4S. The number of nitro groups is 1. The van der Waals surface area contributed by atoms with Crippen LogP contribution in [0.25, 0.3) is 0 Å². The zero-order valence-corrected chi connectivity index (χ0v) is 20.7. The number of carbonyl (C=O) groups excluding carboxylic acids is 2. The summed E-state index contributed by atoms with van der Waals surface area (Å²) in [6.07, 6.45) is 0. The van der Waals surface area contributed by atoms with E-state index in [1.54, 1.807) is 23.9 Å². The molecular weight excluding hydrogens is 474 g/mol. The lowest BCUT2D eigenvalue weighted by Crippen LogP contribution is -2.52. The Kier molecular flexibility index (Phi) is 5.28. The number of hydrogen-bond donors (Lipinski definition) is 1. The number of non-ortho nitro benzene ring substituents is 1. The molecule has 1 amide bonds. The van der Waals surface area contributed by atoms with Crippen molar-refractivity contribution in [3.8, 4) is 0 Å². The van der Waals surface area contributed by atoms with Crippen LogP contribution in [-0.4, -0.2) is 39.2 Å². The maximum Gasteiger partial charge on any atom is 0.269 e. The standard InChI is InChI=1S/C28H25N3O4S/c1-16-3-6-19(7-4-16)26(32)25-24(18-8-10-20(11-9-18)31(34)35)23-14-36-15-30(23)28(25)21-13-17(2)5-12-22(21)29-27(28)33/h3-13,23-25H,14-15H2,1-2H3,(H,29,33)/t23-,24+,25-,28+/m0/s1. The van der Waals surface area contributed by atoms with Crippen LogP contribution in [0.15, 0.2) is 66.7 Å². The molecule has 2 fully saturated rings. The monoisotopic (exact) mass is 499 g/mol. The van der Waals surface area contributed by atoms with E-state index in [1.165, 1.54) is 12.1 Å². The Morgan fingerprint density at radius 3 is 2.44 bits per heavy atom. The van der Waals surface area contributed by atoms with E-state index in [4.69, 9.17) is 0 Å². The number of carbonyl (C=O) groups is 2. The summed E-state index contributed by atoms with van der Waals surface area (Å²) in [5.74, 6) is 0.164. The predicted molar refractivity (Wildman–Crippen MR) is 139 cm³/mol. The Hall–Kier alpha value is -3.49. The molecule has 3 aromatic rings. The third-order valence-corrected chi connectivity index (χ3v) is 8.92. The Morgan fingerprint density at radius 2 is 1.75 bits per heavy atom. The first-order chi connectivity index (χ1) is 17.3. The molecule has 3 aliphatic rings. The van der Waals surface area contributed by atoms with Crippen molar-refractivity contribution in [1.82, 2.24) is 4.90 Å². The highest BCUT2D eigenvalue weighted by Gasteiger charge is 2.69. The van der Waals surface area contributed by atoms with E-state index in [0.29, 0.717) is 11.4 Å². The van der Waals surface area contributed by atoms with Gasteiger partial charge in [-0.3, -0.25) is 24.6 Å². The van der Waals surface area contributed by atoms with E-state index in [1.807, 2.05) is 56.3 Å². The zero-order chi connectivity index (χ0) is 25.2. The summed E-state index contributed by atoms with van der Waals surface area (Å²) in [6.45, 7) is 3.97. The molecule has 1 N–H and O–H groups in total. The van der Waals surface area contributed by atoms with Crippen LogP contribution in [-0.2, 0) is 10.3 Å². The van der Waals surface area contributed by atoms with Crippen molar-refractivity contribution in [3.63, 3.8) is 0 Å². The van der Waals surface area contributed by atoms with Gasteiger partial charge in [0.15, 0.2) is 5.78 Å². The van der Waals surface area contributed by atoms with Crippen molar-refractivity contribution in [2.45, 2.75) is 31.3 Å². The maximum absolute atomic E-state index is 14.4. The van der Waals surface area contributed by atoms with Crippen LogP contribution in [0.2, 0.25) is 0 Å². The first kappa shape index (κ1) is 22.9. The van der Waals surface area contributed by atoms with Gasteiger partial charge in [-0.2, -0.15) is 0 Å². The molecule has 0 unspecified atom stereocenters. The molecule has 1 spiro atoms. The summed E-state index contributed by atoms with van der Waals surface area (Å²) in [4.78, 5) is 41.5. The summed E-state index contributed by atoms with van der Waals surface area (Å²) in [7, 11) is 0. The number of Topliss-reactive ketones (excluding diaryl/α,β-unsaturated/α-hetero) is 1. The number of thioether (sulfide) groups is 1. The lowest BCUT2D eigenvalue weighted by molar-refractivity contribution is -0.384. The van der Waals surface area contributed by atoms with Gasteiger partial charge in [0.1, 0.15) is 5.54 Å². The smallest absolute Gasteiger partial charge is 0.269 e. The number of nitro benzene ring substituents is 1. The van der Waals surface area contributed by atoms with Crippen LogP contribution < -0.4 is 5.32 Å². The normalized spacial score (nSPS) is 26.6. The molecule has 0 bridgehead atoms. The average molecular weight is 500 g/mol. The van der Waals surface area contributed by atoms with Crippen molar-refractivity contribution >= 4 is 34.8 Å². The third-order valence-electron chi connectivity index (χ3n) is 7.88. The molecule has 0 aliphatic carbocycles. The number of ketones is 1. The highest BCUT2D eigenvalue weighted by Crippen LogP contribution is 2.61. The first-order valence-corrected chi connectivity index (χ1v) is 13.1. The molecule has 0 radical (unpaired) electrons. The van der Waals surface area contributed by atoms with Crippen LogP contribution in [0.5, 0.6) is 0 Å². The van der Waals surface area contributed by atoms with Crippen molar-refractivity contribution in [3.05, 3.63) is 105 Å². The number of nitrogens with zero attached hydrogens (tertiary/aromatic N) is 2. The average Bonchev–Trinajstić information content (AvgIpc) is 3.52. The fourth-order valence-electron chi connectivity index (χ4n) is 6.28. The fraction of sp³-hybridized carbons (Fsp3) is 0.286. The van der Waals surface area contributed by atoms with E-state index in [0.717, 1.165) is 33.7 Å². The van der Waals surface area contributed by atoms with E-state index in [9.17, 15) is 19.7 Å². The van der Waals surface area contributed by atoms with Gasteiger partial charge in [-0.15, -0.1) is 11.8 Å². The molecule has 7 nitrogen and oxygen atoms in total. The summed E-state index contributed by atoms with van der Waals surface area (Å²) in [5, 5.41) is 14.4. The lowest BCUT2D eigenvalue weighted by atomic mass is 9.69. The Labute approximate surface area is 213 Å². The van der Waals surface area contributed by atoms with E-state index < -0.39 is 16.4 Å². The van der Waals surface area contributed by atoms with Crippen molar-refractivity contribution in [1.29, 1.82) is 0 Å². The minimum absolute atomic E-state index is 0.00473. The van der Waals surface area contributed by atoms with E-state index >= 15 is 0 Å². The van der Waals surface area contributed by atoms with Crippen molar-refractivity contribution in [2.75, 3.05) is 16.9 Å². The molecule has 0 aromatic heterocycles. The summed E-state index contributed by atoms with van der Waals surface area (Å²) in [6, 6.07) is 19.8. The maximum atomic E-state index is 14.4. The second-order valence-corrected chi connectivity index (χ2v) is 10.9. The Bertz CT molecular complexity index is 1410. The molecule has 36 heavy (non-hydrogen) atoms. The van der Waals surface area contributed by atoms with Crippen LogP contribution in [0.4, 0.5) is 11.4 Å². The highest BCUT2D eigenvalue weighted by molar-refractivity contribution is 7.99. The number of nitrogens with one attached hydrogen (secondary N) is 1. The van der Waals surface area contributed by atoms with Gasteiger partial charge in [-0.25, -0.2) is 0 Å². The number of hydrogen-bond acceptors (Lipinski definition) is 6. The van der Waals surface area contributed by atoms with Crippen LogP contribution in [0.1, 0.15) is 38.5 Å². The highest BCUT2D eigenvalue weighted by atomic mass is 32.2. The molecule has 8 heteroatoms. The van der Waals surface area contributed by atoms with Crippen LogP contribution in [0, 0.1) is 29.9 Å². The molecule has 3 heterocycles. The van der Waals surface area contributed by atoms with Gasteiger partial charge < -0.3 is 5.32 Å². The molecule has 2 saturated heterocycles. The number of anilines is 1. The minimum Gasteiger partial charge on any atom is -0.324 e. The van der Waals surface area contributed by atoms with Crippen LogP contribution in [0.3, 0.4) is 0 Å². The van der Waals surface area contributed by atoms with E-state index in [2.05, 4.69) is 10.2 Å².